The molecule has 1 unspecified atom stereocenters. The summed E-state index contributed by atoms with van der Waals surface area (Å²) in [6, 6.07) is 7.54. The smallest absolute Gasteiger partial charge is 0.279 e. The van der Waals surface area contributed by atoms with Crippen LogP contribution in [0.2, 0.25) is 0 Å². The predicted molar refractivity (Wildman–Crippen MR) is 65.6 cm³/mol. The van der Waals surface area contributed by atoms with Crippen molar-refractivity contribution in [3.8, 4) is 0 Å². The first-order chi connectivity index (χ1) is 7.97. The molecule has 0 saturated heterocycles. The summed E-state index contributed by atoms with van der Waals surface area (Å²) in [6.45, 7) is 2.36. The van der Waals surface area contributed by atoms with Crippen molar-refractivity contribution >= 4 is 17.5 Å². The van der Waals surface area contributed by atoms with E-state index in [0.717, 1.165) is 16.2 Å². The van der Waals surface area contributed by atoms with Crippen LogP contribution in [-0.4, -0.2) is 32.0 Å². The van der Waals surface area contributed by atoms with Gasteiger partial charge in [-0.15, -0.1) is 0 Å². The van der Waals surface area contributed by atoms with Crippen LogP contribution in [0.25, 0.3) is 0 Å². The molecule has 0 radical (unpaired) electrons. The summed E-state index contributed by atoms with van der Waals surface area (Å²) in [7, 11) is 1.75. The van der Waals surface area contributed by atoms with E-state index in [-0.39, 0.29) is 19.0 Å². The second-order valence-corrected chi connectivity index (χ2v) is 4.19. The lowest BCUT2D eigenvalue weighted by molar-refractivity contribution is -0.862. The summed E-state index contributed by atoms with van der Waals surface area (Å²) < 4.78 is 0. The van der Waals surface area contributed by atoms with Gasteiger partial charge < -0.3 is 16.0 Å². The molecule has 5 heteroatoms. The van der Waals surface area contributed by atoms with Crippen molar-refractivity contribution in [1.29, 1.82) is 0 Å². The number of primary amides is 1. The van der Waals surface area contributed by atoms with E-state index in [1.165, 1.54) is 0 Å². The topological polar surface area (TPSA) is 76.6 Å². The number of nitrogens with one attached hydrogen (secondary N) is 2. The highest BCUT2D eigenvalue weighted by Gasteiger charge is 2.11. The monoisotopic (exact) mass is 236 g/mol. The van der Waals surface area contributed by atoms with Gasteiger partial charge in [0, 0.05) is 5.69 Å². The van der Waals surface area contributed by atoms with Gasteiger partial charge in [-0.3, -0.25) is 9.59 Å². The number of anilines is 1. The van der Waals surface area contributed by atoms with Gasteiger partial charge in [-0.25, -0.2) is 0 Å². The number of aryl methyl sites for hydroxylation is 1. The van der Waals surface area contributed by atoms with Crippen molar-refractivity contribution in [2.24, 2.45) is 5.73 Å². The first-order valence-electron chi connectivity index (χ1n) is 5.43. The molecule has 0 aromatic heterocycles. The normalized spacial score (nSPS) is 11.9. The molecule has 5 nitrogen and oxygen atoms in total. The fourth-order valence-corrected chi connectivity index (χ4v) is 1.48. The molecule has 17 heavy (non-hydrogen) atoms. The highest BCUT2D eigenvalue weighted by Crippen LogP contribution is 2.07. The Hall–Kier alpha value is -1.88. The van der Waals surface area contributed by atoms with Gasteiger partial charge in [-0.1, -0.05) is 17.7 Å². The van der Waals surface area contributed by atoms with E-state index in [9.17, 15) is 9.59 Å². The highest BCUT2D eigenvalue weighted by molar-refractivity contribution is 5.91. The Bertz CT molecular complexity index is 401. The van der Waals surface area contributed by atoms with Crippen molar-refractivity contribution in [1.82, 2.24) is 0 Å². The Balaban J connectivity index is 2.44. The van der Waals surface area contributed by atoms with Crippen molar-refractivity contribution in [3.63, 3.8) is 0 Å². The zero-order valence-corrected chi connectivity index (χ0v) is 10.1. The van der Waals surface area contributed by atoms with Crippen LogP contribution in [0.5, 0.6) is 0 Å². The van der Waals surface area contributed by atoms with Crippen LogP contribution < -0.4 is 16.0 Å². The number of rotatable bonds is 5. The minimum absolute atomic E-state index is 0.132. The maximum absolute atomic E-state index is 11.6. The number of hydrogen-bond acceptors (Lipinski definition) is 2. The van der Waals surface area contributed by atoms with Gasteiger partial charge in [0.25, 0.3) is 11.8 Å². The van der Waals surface area contributed by atoms with Crippen molar-refractivity contribution in [2.45, 2.75) is 6.92 Å². The predicted octanol–water partition coefficient (Wildman–Crippen LogP) is -1.07. The first kappa shape index (κ1) is 13.2. The molecule has 0 fully saturated rings. The lowest BCUT2D eigenvalue weighted by Crippen LogP contribution is -3.11. The molecule has 1 aromatic rings. The number of hydrogen-bond donors (Lipinski definition) is 3. The Morgan fingerprint density at radius 2 is 1.82 bits per heavy atom. The second-order valence-electron chi connectivity index (χ2n) is 4.19. The quantitative estimate of drug-likeness (QED) is 0.609. The van der Waals surface area contributed by atoms with E-state index in [0.29, 0.717) is 0 Å². The third-order valence-electron chi connectivity index (χ3n) is 2.27. The van der Waals surface area contributed by atoms with E-state index in [1.54, 1.807) is 7.05 Å². The molecular formula is C12H18N3O2+. The van der Waals surface area contributed by atoms with Crippen LogP contribution in [0.15, 0.2) is 24.3 Å². The summed E-state index contributed by atoms with van der Waals surface area (Å²) in [5, 5.41) is 2.76. The van der Waals surface area contributed by atoms with Crippen LogP contribution in [0.3, 0.4) is 0 Å². The Labute approximate surface area is 101 Å². The molecule has 1 rings (SSSR count). The summed E-state index contributed by atoms with van der Waals surface area (Å²) in [5.74, 6) is -0.543. The van der Waals surface area contributed by atoms with Crippen molar-refractivity contribution in [2.75, 3.05) is 25.5 Å². The van der Waals surface area contributed by atoms with Crippen LogP contribution in [-0.2, 0) is 9.59 Å². The minimum atomic E-state index is -0.411. The van der Waals surface area contributed by atoms with Crippen LogP contribution in [0.4, 0.5) is 5.69 Å². The van der Waals surface area contributed by atoms with E-state index in [4.69, 9.17) is 5.73 Å². The number of likely N-dealkylation sites (N-methyl/N-ethyl adjacent to an activating group) is 1. The van der Waals surface area contributed by atoms with Gasteiger partial charge in [0.15, 0.2) is 13.1 Å². The lowest BCUT2D eigenvalue weighted by atomic mass is 10.2. The molecular weight excluding hydrogens is 218 g/mol. The van der Waals surface area contributed by atoms with E-state index >= 15 is 0 Å². The first-order valence-corrected chi connectivity index (χ1v) is 5.43. The van der Waals surface area contributed by atoms with Gasteiger partial charge in [0.2, 0.25) is 0 Å². The van der Waals surface area contributed by atoms with Gasteiger partial charge in [-0.2, -0.15) is 0 Å². The van der Waals surface area contributed by atoms with Gasteiger partial charge >= 0.3 is 0 Å². The molecule has 0 aliphatic rings. The molecule has 0 bridgehead atoms. The highest BCUT2D eigenvalue weighted by atomic mass is 16.2. The molecule has 0 saturated carbocycles. The molecule has 1 aromatic carbocycles. The van der Waals surface area contributed by atoms with Gasteiger partial charge in [0.05, 0.1) is 7.05 Å². The Morgan fingerprint density at radius 1 is 1.24 bits per heavy atom. The molecule has 2 amide bonds. The largest absolute Gasteiger partial charge is 0.365 e. The third kappa shape index (κ3) is 5.12. The standard InChI is InChI=1S/C12H17N3O2/c1-9-3-5-10(6-4-9)14-12(17)8-15(2)7-11(13)16/h3-6H,7-8H2,1-2H3,(H2,13,16)(H,14,17)/p+1. The fourth-order valence-electron chi connectivity index (χ4n) is 1.48. The number of amides is 2. The van der Waals surface area contributed by atoms with Crippen LogP contribution in [0, 0.1) is 6.92 Å². The zero-order valence-electron chi connectivity index (χ0n) is 10.1. The summed E-state index contributed by atoms with van der Waals surface area (Å²) in [4.78, 5) is 23.0. The maximum Gasteiger partial charge on any atom is 0.279 e. The zero-order chi connectivity index (χ0) is 12.8. The minimum Gasteiger partial charge on any atom is -0.365 e. The van der Waals surface area contributed by atoms with Gasteiger partial charge in [-0.05, 0) is 19.1 Å². The second kappa shape index (κ2) is 6.00. The average Bonchev–Trinajstić information content (AvgIpc) is 2.19. The number of nitrogens with two attached hydrogens (primary N) is 1. The number of carbonyl (C=O) groups excluding carboxylic acids is 2. The van der Waals surface area contributed by atoms with Crippen LogP contribution in [0.1, 0.15) is 5.56 Å². The molecule has 4 N–H and O–H groups in total. The molecule has 0 aliphatic carbocycles. The molecule has 92 valence electrons. The molecule has 0 aliphatic heterocycles. The SMILES string of the molecule is Cc1ccc(NC(=O)C[NH+](C)CC(N)=O)cc1. The van der Waals surface area contributed by atoms with Crippen LogP contribution >= 0.6 is 0 Å². The maximum atomic E-state index is 11.6. The fraction of sp³-hybridized carbons (Fsp3) is 0.333. The summed E-state index contributed by atoms with van der Waals surface area (Å²) in [6.07, 6.45) is 0. The van der Waals surface area contributed by atoms with E-state index < -0.39 is 5.91 Å². The molecule has 1 atom stereocenters. The third-order valence-corrected chi connectivity index (χ3v) is 2.27. The van der Waals surface area contributed by atoms with Crippen molar-refractivity contribution in [3.05, 3.63) is 29.8 Å². The Kier molecular flexibility index (Phi) is 4.66. The summed E-state index contributed by atoms with van der Waals surface area (Å²) in [5.41, 5.74) is 6.94. The van der Waals surface area contributed by atoms with E-state index in [1.807, 2.05) is 31.2 Å². The number of benzene rings is 1. The average molecular weight is 236 g/mol. The number of carbonyl (C=O) groups is 2. The van der Waals surface area contributed by atoms with Crippen molar-refractivity contribution < 1.29 is 14.5 Å². The van der Waals surface area contributed by atoms with E-state index in [2.05, 4.69) is 5.32 Å². The molecule has 0 spiro atoms. The summed E-state index contributed by atoms with van der Waals surface area (Å²) >= 11 is 0. The lowest BCUT2D eigenvalue weighted by Gasteiger charge is -2.11. The number of quaternary nitrogens is 1. The van der Waals surface area contributed by atoms with Gasteiger partial charge in [0.1, 0.15) is 0 Å². The molecule has 0 heterocycles. The Morgan fingerprint density at radius 3 is 2.35 bits per heavy atom.